The first-order valence-electron chi connectivity index (χ1n) is 3.11. The SMILES string of the molecule is CC([AsH2])c1ccccc1. The van der Waals surface area contributed by atoms with E-state index in [-0.39, 0.29) is 0 Å². The summed E-state index contributed by atoms with van der Waals surface area (Å²) >= 11 is 1.78. The summed E-state index contributed by atoms with van der Waals surface area (Å²) in [5.74, 6) is 0. The Morgan fingerprint density at radius 3 is 2.11 bits per heavy atom. The molecular weight excluding hydrogens is 171 g/mol. The first-order valence-corrected chi connectivity index (χ1v) is 4.51. The van der Waals surface area contributed by atoms with Gasteiger partial charge in [-0.3, -0.25) is 0 Å². The average Bonchev–Trinajstić information content (AvgIpc) is 1.90. The van der Waals surface area contributed by atoms with E-state index in [9.17, 15) is 0 Å². The third-order valence-electron chi connectivity index (χ3n) is 1.33. The van der Waals surface area contributed by atoms with E-state index >= 15 is 0 Å². The van der Waals surface area contributed by atoms with E-state index in [1.54, 1.807) is 16.9 Å². The summed E-state index contributed by atoms with van der Waals surface area (Å²) < 4.78 is 0.721. The van der Waals surface area contributed by atoms with Crippen LogP contribution in [-0.4, -0.2) is 16.9 Å². The van der Waals surface area contributed by atoms with Gasteiger partial charge in [-0.2, -0.15) is 0 Å². The van der Waals surface area contributed by atoms with Crippen LogP contribution < -0.4 is 0 Å². The maximum absolute atomic E-state index is 2.23. The van der Waals surface area contributed by atoms with Gasteiger partial charge in [-0.1, -0.05) is 0 Å². The molecule has 0 aliphatic carbocycles. The van der Waals surface area contributed by atoms with Gasteiger partial charge < -0.3 is 0 Å². The van der Waals surface area contributed by atoms with Crippen molar-refractivity contribution in [3.8, 4) is 0 Å². The fourth-order valence-corrected chi connectivity index (χ4v) is 1.22. The topological polar surface area (TPSA) is 0 Å². The molecule has 1 aromatic carbocycles. The van der Waals surface area contributed by atoms with E-state index in [0.29, 0.717) is 0 Å². The van der Waals surface area contributed by atoms with Crippen LogP contribution >= 0.6 is 0 Å². The summed E-state index contributed by atoms with van der Waals surface area (Å²) in [4.78, 5) is 0. The second-order valence-corrected chi connectivity index (χ2v) is 4.30. The van der Waals surface area contributed by atoms with Gasteiger partial charge in [0.15, 0.2) is 0 Å². The molecule has 0 nitrogen and oxygen atoms in total. The van der Waals surface area contributed by atoms with Gasteiger partial charge in [0.1, 0.15) is 0 Å². The van der Waals surface area contributed by atoms with E-state index in [2.05, 4.69) is 37.3 Å². The Bertz CT molecular complexity index is 167. The van der Waals surface area contributed by atoms with E-state index < -0.39 is 0 Å². The fraction of sp³-hybridized carbons (Fsp3) is 0.250. The zero-order chi connectivity index (χ0) is 6.69. The van der Waals surface area contributed by atoms with Crippen LogP contribution in [0.3, 0.4) is 0 Å². The van der Waals surface area contributed by atoms with Crippen molar-refractivity contribution in [2.45, 2.75) is 11.6 Å². The van der Waals surface area contributed by atoms with Gasteiger partial charge in [-0.05, 0) is 0 Å². The van der Waals surface area contributed by atoms with Gasteiger partial charge in [0.05, 0.1) is 0 Å². The first kappa shape index (κ1) is 6.89. The third kappa shape index (κ3) is 1.87. The molecule has 0 saturated carbocycles. The van der Waals surface area contributed by atoms with Crippen LogP contribution in [0, 0.1) is 0 Å². The van der Waals surface area contributed by atoms with Crippen molar-refractivity contribution in [1.82, 2.24) is 0 Å². The molecule has 0 bridgehead atoms. The molecule has 0 aliphatic rings. The molecule has 1 heteroatoms. The van der Waals surface area contributed by atoms with Crippen LogP contribution in [0.5, 0.6) is 0 Å². The van der Waals surface area contributed by atoms with Gasteiger partial charge in [0.2, 0.25) is 0 Å². The van der Waals surface area contributed by atoms with Gasteiger partial charge in [-0.15, -0.1) is 0 Å². The van der Waals surface area contributed by atoms with Crippen molar-refractivity contribution >= 4 is 16.9 Å². The molecule has 0 radical (unpaired) electrons. The second-order valence-electron chi connectivity index (χ2n) is 2.20. The number of hydrogen-bond donors (Lipinski definition) is 0. The van der Waals surface area contributed by atoms with Gasteiger partial charge in [-0.25, -0.2) is 0 Å². The minimum absolute atomic E-state index is 0.721. The Labute approximate surface area is 64.8 Å². The van der Waals surface area contributed by atoms with Crippen molar-refractivity contribution in [2.75, 3.05) is 0 Å². The normalized spacial score (nSPS) is 13.1. The number of hydrogen-bond acceptors (Lipinski definition) is 0. The van der Waals surface area contributed by atoms with Crippen molar-refractivity contribution in [2.24, 2.45) is 0 Å². The third-order valence-corrected chi connectivity index (χ3v) is 2.13. The van der Waals surface area contributed by atoms with Gasteiger partial charge >= 0.3 is 64.4 Å². The fourth-order valence-electron chi connectivity index (χ4n) is 0.757. The molecule has 9 heavy (non-hydrogen) atoms. The molecule has 0 aliphatic heterocycles. The standard InChI is InChI=1S/C8H11As/c1-7(9)8-5-3-2-4-6-8/h2-7H,9H2,1H3. The summed E-state index contributed by atoms with van der Waals surface area (Å²) in [7, 11) is 0. The van der Waals surface area contributed by atoms with Gasteiger partial charge in [0.25, 0.3) is 0 Å². The first-order chi connectivity index (χ1) is 4.30. The number of benzene rings is 1. The Balaban J connectivity index is 2.85. The summed E-state index contributed by atoms with van der Waals surface area (Å²) in [6.07, 6.45) is 0. The molecule has 0 saturated heterocycles. The van der Waals surface area contributed by atoms with Crippen molar-refractivity contribution in [3.05, 3.63) is 35.9 Å². The average molecular weight is 182 g/mol. The zero-order valence-corrected chi connectivity index (χ0v) is 7.96. The summed E-state index contributed by atoms with van der Waals surface area (Å²) in [5.41, 5.74) is 1.44. The Morgan fingerprint density at radius 2 is 1.78 bits per heavy atom. The zero-order valence-electron chi connectivity index (χ0n) is 5.54. The molecule has 0 aromatic heterocycles. The van der Waals surface area contributed by atoms with E-state index in [4.69, 9.17) is 0 Å². The predicted octanol–water partition coefficient (Wildman–Crippen LogP) is 1.38. The van der Waals surface area contributed by atoms with Crippen LogP contribution in [0.2, 0.25) is 0 Å². The van der Waals surface area contributed by atoms with Crippen LogP contribution in [-0.2, 0) is 0 Å². The maximum atomic E-state index is 2.23. The van der Waals surface area contributed by atoms with Crippen LogP contribution in [0.15, 0.2) is 30.3 Å². The predicted molar refractivity (Wildman–Crippen MR) is 43.4 cm³/mol. The molecule has 0 N–H and O–H groups in total. The van der Waals surface area contributed by atoms with E-state index in [1.165, 1.54) is 5.56 Å². The van der Waals surface area contributed by atoms with E-state index in [1.807, 2.05) is 0 Å². The molecule has 2 atom stereocenters. The van der Waals surface area contributed by atoms with Crippen LogP contribution in [0.25, 0.3) is 0 Å². The van der Waals surface area contributed by atoms with Crippen molar-refractivity contribution < 1.29 is 0 Å². The molecule has 1 aromatic rings. The molecule has 0 heterocycles. The molecule has 0 spiro atoms. The minimum atomic E-state index is 0.721. The Hall–Kier alpha value is -0.222. The molecule has 0 fully saturated rings. The molecule has 48 valence electrons. The van der Waals surface area contributed by atoms with Crippen LogP contribution in [0.4, 0.5) is 0 Å². The quantitative estimate of drug-likeness (QED) is 0.575. The monoisotopic (exact) mass is 182 g/mol. The van der Waals surface area contributed by atoms with Crippen molar-refractivity contribution in [1.29, 1.82) is 0 Å². The molecule has 2 unspecified atom stereocenters. The van der Waals surface area contributed by atoms with Crippen molar-refractivity contribution in [3.63, 3.8) is 0 Å². The summed E-state index contributed by atoms with van der Waals surface area (Å²) in [5, 5.41) is 0. The summed E-state index contributed by atoms with van der Waals surface area (Å²) in [6, 6.07) is 10.6. The molecular formula is C8H11As. The molecule has 1 rings (SSSR count). The Kier molecular flexibility index (Phi) is 2.36. The summed E-state index contributed by atoms with van der Waals surface area (Å²) in [6.45, 7) is 2.23. The second kappa shape index (κ2) is 3.08. The van der Waals surface area contributed by atoms with E-state index in [0.717, 1.165) is 4.71 Å². The number of rotatable bonds is 1. The Morgan fingerprint density at radius 1 is 1.22 bits per heavy atom. The van der Waals surface area contributed by atoms with Crippen LogP contribution in [0.1, 0.15) is 17.2 Å². The van der Waals surface area contributed by atoms with Gasteiger partial charge in [0, 0.05) is 0 Å². The molecule has 0 amide bonds.